The molecule has 0 amide bonds. The van der Waals surface area contributed by atoms with Crippen LogP contribution in [0.2, 0.25) is 0 Å². The van der Waals surface area contributed by atoms with E-state index >= 15 is 0 Å². The maximum Gasteiger partial charge on any atom is 0.160 e. The lowest BCUT2D eigenvalue weighted by Gasteiger charge is -2.36. The Morgan fingerprint density at radius 1 is 0.526 bits per heavy atom. The Morgan fingerprint density at radius 2 is 1.23 bits per heavy atom. The van der Waals surface area contributed by atoms with E-state index in [2.05, 4.69) is 121 Å². The molecule has 0 radical (unpaired) electrons. The molecule has 0 unspecified atom stereocenters. The molecule has 4 nitrogen and oxygen atoms in total. The molecule has 3 aromatic heterocycles. The summed E-state index contributed by atoms with van der Waals surface area (Å²) in [5.41, 5.74) is 14.5. The van der Waals surface area contributed by atoms with E-state index in [0.29, 0.717) is 5.82 Å². The topological polar surface area (TPSA) is 59.2 Å². The highest BCUT2D eigenvalue weighted by molar-refractivity contribution is 7.26. The number of phenols is 1. The Kier molecular flexibility index (Phi) is 7.15. The molecular formula is C52H36N2O2S. The van der Waals surface area contributed by atoms with Crippen LogP contribution in [0.5, 0.6) is 5.75 Å². The number of phenolic OH excluding ortho intramolecular Hbond substituents is 1. The Balaban J connectivity index is 1.00. The minimum atomic E-state index is 0.0489. The summed E-state index contributed by atoms with van der Waals surface area (Å²) in [6.45, 7) is 0. The predicted molar refractivity (Wildman–Crippen MR) is 235 cm³/mol. The van der Waals surface area contributed by atoms with E-state index in [-0.39, 0.29) is 11.2 Å². The van der Waals surface area contributed by atoms with Gasteiger partial charge in [-0.05, 0) is 76.6 Å². The molecule has 272 valence electrons. The monoisotopic (exact) mass is 752 g/mol. The number of benzene rings is 7. The zero-order valence-corrected chi connectivity index (χ0v) is 31.9. The van der Waals surface area contributed by atoms with Gasteiger partial charge in [0.1, 0.15) is 16.9 Å². The molecule has 0 saturated heterocycles. The molecule has 1 saturated carbocycles. The number of thiophene rings is 1. The van der Waals surface area contributed by atoms with Crippen LogP contribution in [-0.2, 0) is 5.41 Å². The summed E-state index contributed by atoms with van der Waals surface area (Å²) in [5.74, 6) is 0.920. The molecular weight excluding hydrogens is 717 g/mol. The first-order chi connectivity index (χ1) is 28.1. The van der Waals surface area contributed by atoms with Crippen molar-refractivity contribution in [2.24, 2.45) is 0 Å². The van der Waals surface area contributed by atoms with Crippen LogP contribution in [0.3, 0.4) is 0 Å². The third-order valence-corrected chi connectivity index (χ3v) is 13.8. The molecule has 5 heteroatoms. The molecule has 2 aliphatic carbocycles. The van der Waals surface area contributed by atoms with Crippen LogP contribution in [0.1, 0.15) is 43.2 Å². The van der Waals surface area contributed by atoms with Crippen LogP contribution >= 0.6 is 11.3 Å². The maximum atomic E-state index is 12.3. The van der Waals surface area contributed by atoms with Crippen molar-refractivity contribution in [3.8, 4) is 61.8 Å². The second-order valence-corrected chi connectivity index (χ2v) is 16.7. The van der Waals surface area contributed by atoms with Gasteiger partial charge in [0.2, 0.25) is 0 Å². The van der Waals surface area contributed by atoms with E-state index in [1.165, 1.54) is 59.1 Å². The predicted octanol–water partition coefficient (Wildman–Crippen LogP) is 14.3. The highest BCUT2D eigenvalue weighted by Crippen LogP contribution is 2.58. The average molecular weight is 753 g/mol. The summed E-state index contributed by atoms with van der Waals surface area (Å²) in [6.07, 6.45) is 6.12. The fourth-order valence-electron chi connectivity index (χ4n) is 10.0. The van der Waals surface area contributed by atoms with E-state index in [0.717, 1.165) is 76.6 Å². The quantitative estimate of drug-likeness (QED) is 0.194. The van der Waals surface area contributed by atoms with E-state index in [1.54, 1.807) is 11.3 Å². The van der Waals surface area contributed by atoms with Crippen LogP contribution in [0.25, 0.3) is 98.3 Å². The van der Waals surface area contributed by atoms with Crippen molar-refractivity contribution in [3.63, 3.8) is 0 Å². The van der Waals surface area contributed by atoms with Crippen LogP contribution < -0.4 is 0 Å². The van der Waals surface area contributed by atoms with Gasteiger partial charge in [-0.15, -0.1) is 11.3 Å². The number of fused-ring (bicyclic) bond motifs is 11. The van der Waals surface area contributed by atoms with Gasteiger partial charge < -0.3 is 9.52 Å². The molecule has 12 rings (SSSR count). The summed E-state index contributed by atoms with van der Waals surface area (Å²) in [4.78, 5) is 10.6. The van der Waals surface area contributed by atoms with Crippen molar-refractivity contribution >= 4 is 53.6 Å². The van der Waals surface area contributed by atoms with Gasteiger partial charge in [-0.2, -0.15) is 0 Å². The Bertz CT molecular complexity index is 3260. The zero-order valence-electron chi connectivity index (χ0n) is 31.1. The molecule has 10 aromatic rings. The van der Waals surface area contributed by atoms with Gasteiger partial charge in [-0.25, -0.2) is 9.97 Å². The van der Waals surface area contributed by atoms with Crippen molar-refractivity contribution in [2.45, 2.75) is 37.5 Å². The van der Waals surface area contributed by atoms with Gasteiger partial charge >= 0.3 is 0 Å². The van der Waals surface area contributed by atoms with Crippen molar-refractivity contribution in [3.05, 3.63) is 163 Å². The van der Waals surface area contributed by atoms with Gasteiger partial charge in [0, 0.05) is 48.5 Å². The fourth-order valence-corrected chi connectivity index (χ4v) is 11.2. The number of furan rings is 1. The third kappa shape index (κ3) is 4.85. The smallest absolute Gasteiger partial charge is 0.160 e. The highest BCUT2D eigenvalue weighted by Gasteiger charge is 2.44. The molecule has 0 atom stereocenters. The average Bonchev–Trinajstić information content (AvgIpc) is 3.92. The largest absolute Gasteiger partial charge is 0.507 e. The number of hydrogen-bond acceptors (Lipinski definition) is 5. The normalized spacial score (nSPS) is 14.5. The SMILES string of the molecule is Oc1c(-c2cccc(-c3nc(-c4ccc5c(c4)oc4ccccc45)c4sc5ccccc5c4n3)c2)cccc1-c1cccc2c1-c1ccccc1C21CCCCC1. The van der Waals surface area contributed by atoms with Crippen molar-refractivity contribution < 1.29 is 9.52 Å². The molecule has 1 fully saturated rings. The van der Waals surface area contributed by atoms with Crippen molar-refractivity contribution in [1.29, 1.82) is 0 Å². The molecule has 57 heavy (non-hydrogen) atoms. The summed E-state index contributed by atoms with van der Waals surface area (Å²) in [7, 11) is 0. The molecule has 3 heterocycles. The van der Waals surface area contributed by atoms with Crippen LogP contribution in [-0.4, -0.2) is 15.1 Å². The van der Waals surface area contributed by atoms with Gasteiger partial charge in [0.25, 0.3) is 0 Å². The Labute approximate surface area is 333 Å². The zero-order chi connectivity index (χ0) is 37.7. The number of aromatic nitrogens is 2. The first kappa shape index (κ1) is 32.7. The number of rotatable bonds is 4. The summed E-state index contributed by atoms with van der Waals surface area (Å²) in [6, 6.07) is 53.1. The third-order valence-electron chi connectivity index (χ3n) is 12.6. The number of aromatic hydroxyl groups is 1. The van der Waals surface area contributed by atoms with E-state index in [4.69, 9.17) is 14.4 Å². The number of nitrogens with zero attached hydrogens (tertiary/aromatic N) is 2. The van der Waals surface area contributed by atoms with Crippen molar-refractivity contribution in [1.82, 2.24) is 9.97 Å². The lowest BCUT2D eigenvalue weighted by molar-refractivity contribution is 0.353. The summed E-state index contributed by atoms with van der Waals surface area (Å²) in [5, 5.41) is 15.6. The van der Waals surface area contributed by atoms with Crippen LogP contribution in [0.4, 0.5) is 0 Å². The second kappa shape index (κ2) is 12.5. The first-order valence-corrected chi connectivity index (χ1v) is 20.7. The Morgan fingerprint density at radius 3 is 2.16 bits per heavy atom. The molecule has 1 spiro atoms. The Hall–Kier alpha value is -6.56. The second-order valence-electron chi connectivity index (χ2n) is 15.7. The highest BCUT2D eigenvalue weighted by atomic mass is 32.1. The van der Waals surface area contributed by atoms with E-state index < -0.39 is 0 Å². The number of hydrogen-bond donors (Lipinski definition) is 1. The van der Waals surface area contributed by atoms with E-state index in [9.17, 15) is 5.11 Å². The molecule has 0 bridgehead atoms. The van der Waals surface area contributed by atoms with E-state index in [1.807, 2.05) is 30.3 Å². The summed E-state index contributed by atoms with van der Waals surface area (Å²) >= 11 is 1.72. The van der Waals surface area contributed by atoms with Crippen LogP contribution in [0, 0.1) is 0 Å². The van der Waals surface area contributed by atoms with Gasteiger partial charge in [0.05, 0.1) is 15.9 Å². The maximum absolute atomic E-state index is 12.3. The van der Waals surface area contributed by atoms with Gasteiger partial charge in [0.15, 0.2) is 5.82 Å². The molecule has 0 aliphatic heterocycles. The summed E-state index contributed by atoms with van der Waals surface area (Å²) < 4.78 is 8.54. The van der Waals surface area contributed by atoms with Gasteiger partial charge in [-0.3, -0.25) is 0 Å². The van der Waals surface area contributed by atoms with Crippen LogP contribution in [0.15, 0.2) is 156 Å². The molecule has 1 N–H and O–H groups in total. The van der Waals surface area contributed by atoms with Gasteiger partial charge in [-0.1, -0.05) is 141 Å². The molecule has 2 aliphatic rings. The van der Waals surface area contributed by atoms with Crippen molar-refractivity contribution in [2.75, 3.05) is 0 Å². The molecule has 7 aromatic carbocycles. The lowest BCUT2D eigenvalue weighted by Crippen LogP contribution is -2.27. The standard InChI is InChI=1S/C52H36N2O2S/c55-49-34(18-11-20-38(49)37-19-12-22-42-46(37)39-16-2-5-21-41(39)52(42)27-8-1-9-28-52)31-13-10-14-33(29-31)51-53-47(50-48(54-51)40-17-4-7-24-45(40)57-50)32-25-26-36-35-15-3-6-23-43(35)56-44(36)30-32/h2-7,10-26,29-30,55H,1,8-9,27-28H2. The fraction of sp³-hybridized carbons (Fsp3) is 0.115. The number of para-hydroxylation sites is 2. The first-order valence-electron chi connectivity index (χ1n) is 19.9. The lowest BCUT2D eigenvalue weighted by atomic mass is 9.68. The minimum Gasteiger partial charge on any atom is -0.507 e. The minimum absolute atomic E-state index is 0.0489.